The Morgan fingerprint density at radius 3 is 2.62 bits per heavy atom. The zero-order valence-electron chi connectivity index (χ0n) is 9.37. The van der Waals surface area contributed by atoms with Crippen LogP contribution in [0.4, 0.5) is 0 Å². The number of nitrogens with two attached hydrogens (primary N) is 1. The number of rotatable bonds is 6. The molecule has 88 valence electrons. The molecule has 0 saturated carbocycles. The van der Waals surface area contributed by atoms with Crippen LogP contribution >= 0.6 is 27.7 Å². The van der Waals surface area contributed by atoms with Crippen molar-refractivity contribution in [1.82, 2.24) is 5.43 Å². The van der Waals surface area contributed by atoms with Gasteiger partial charge in [-0.05, 0) is 37.6 Å². The van der Waals surface area contributed by atoms with Gasteiger partial charge in [-0.15, -0.1) is 18.3 Å². The third kappa shape index (κ3) is 5.16. The van der Waals surface area contributed by atoms with Gasteiger partial charge in [0.2, 0.25) is 0 Å². The van der Waals surface area contributed by atoms with Gasteiger partial charge in [0.15, 0.2) is 0 Å². The van der Waals surface area contributed by atoms with Crippen LogP contribution in [0.5, 0.6) is 0 Å². The maximum Gasteiger partial charge on any atom is 0.0341 e. The molecule has 0 spiro atoms. The molecular weight excluding hydrogens is 284 g/mol. The third-order valence-corrected chi connectivity index (χ3v) is 3.80. The highest BCUT2D eigenvalue weighted by Crippen LogP contribution is 2.22. The summed E-state index contributed by atoms with van der Waals surface area (Å²) in [5, 5.41) is 0. The summed E-state index contributed by atoms with van der Waals surface area (Å²) in [6.45, 7) is 5.92. The SMILES string of the molecule is C=C(C)CC(CSc1ccc(Br)cc1)NN. The minimum Gasteiger partial charge on any atom is -0.271 e. The molecule has 1 rings (SSSR count). The van der Waals surface area contributed by atoms with E-state index in [1.807, 2.05) is 19.1 Å². The Morgan fingerprint density at radius 1 is 1.50 bits per heavy atom. The van der Waals surface area contributed by atoms with Gasteiger partial charge in [-0.1, -0.05) is 21.5 Å². The minimum atomic E-state index is 0.283. The Labute approximate surface area is 110 Å². The zero-order chi connectivity index (χ0) is 12.0. The van der Waals surface area contributed by atoms with Gasteiger partial charge in [-0.3, -0.25) is 11.3 Å². The van der Waals surface area contributed by atoms with E-state index < -0.39 is 0 Å². The van der Waals surface area contributed by atoms with Gasteiger partial charge in [0, 0.05) is 21.2 Å². The number of halogens is 1. The largest absolute Gasteiger partial charge is 0.271 e. The lowest BCUT2D eigenvalue weighted by Gasteiger charge is -2.15. The highest BCUT2D eigenvalue weighted by atomic mass is 79.9. The van der Waals surface area contributed by atoms with E-state index in [0.717, 1.165) is 22.2 Å². The summed E-state index contributed by atoms with van der Waals surface area (Å²) in [4.78, 5) is 1.25. The Bertz CT molecular complexity index is 337. The molecule has 0 aliphatic carbocycles. The first-order chi connectivity index (χ1) is 7.61. The highest BCUT2D eigenvalue weighted by Gasteiger charge is 2.07. The van der Waals surface area contributed by atoms with Crippen molar-refractivity contribution < 1.29 is 0 Å². The lowest BCUT2D eigenvalue weighted by molar-refractivity contribution is 0.574. The van der Waals surface area contributed by atoms with E-state index in [-0.39, 0.29) is 6.04 Å². The van der Waals surface area contributed by atoms with Crippen LogP contribution in [0.25, 0.3) is 0 Å². The molecule has 16 heavy (non-hydrogen) atoms. The van der Waals surface area contributed by atoms with Gasteiger partial charge in [0.05, 0.1) is 0 Å². The van der Waals surface area contributed by atoms with Crippen LogP contribution < -0.4 is 11.3 Å². The van der Waals surface area contributed by atoms with Crippen LogP contribution in [-0.2, 0) is 0 Å². The molecule has 0 aliphatic rings. The molecule has 0 heterocycles. The standard InChI is InChI=1S/C12H17BrN2S/c1-9(2)7-11(15-14)8-16-12-5-3-10(13)4-6-12/h3-6,11,15H,1,7-8,14H2,2H3. The molecule has 0 saturated heterocycles. The second-order valence-electron chi connectivity index (χ2n) is 3.79. The summed E-state index contributed by atoms with van der Waals surface area (Å²) in [7, 11) is 0. The first kappa shape index (κ1) is 13.8. The van der Waals surface area contributed by atoms with Crippen molar-refractivity contribution in [2.75, 3.05) is 5.75 Å². The summed E-state index contributed by atoms with van der Waals surface area (Å²) in [5.41, 5.74) is 3.98. The van der Waals surface area contributed by atoms with Crippen molar-refractivity contribution >= 4 is 27.7 Å². The fourth-order valence-corrected chi connectivity index (χ4v) is 2.51. The smallest absolute Gasteiger partial charge is 0.0341 e. The molecule has 1 unspecified atom stereocenters. The van der Waals surface area contributed by atoms with Crippen molar-refractivity contribution in [2.24, 2.45) is 5.84 Å². The molecule has 0 aromatic heterocycles. The van der Waals surface area contributed by atoms with Gasteiger partial charge in [0.25, 0.3) is 0 Å². The van der Waals surface area contributed by atoms with E-state index in [4.69, 9.17) is 5.84 Å². The normalized spacial score (nSPS) is 12.4. The second kappa shape index (κ2) is 7.12. The van der Waals surface area contributed by atoms with Crippen LogP contribution in [0.15, 0.2) is 45.8 Å². The number of thioether (sulfide) groups is 1. The monoisotopic (exact) mass is 300 g/mol. The molecule has 1 atom stereocenters. The molecule has 4 heteroatoms. The summed E-state index contributed by atoms with van der Waals surface area (Å²) < 4.78 is 1.10. The average Bonchev–Trinajstić information content (AvgIpc) is 2.26. The van der Waals surface area contributed by atoms with Gasteiger partial charge < -0.3 is 0 Å². The highest BCUT2D eigenvalue weighted by molar-refractivity contribution is 9.10. The molecule has 3 N–H and O–H groups in total. The number of hydrogen-bond acceptors (Lipinski definition) is 3. The summed E-state index contributed by atoms with van der Waals surface area (Å²) in [6.07, 6.45) is 0.917. The molecule has 1 aromatic rings. The fourth-order valence-electron chi connectivity index (χ4n) is 1.31. The van der Waals surface area contributed by atoms with Gasteiger partial charge in [-0.2, -0.15) is 0 Å². The quantitative estimate of drug-likeness (QED) is 0.366. The lowest BCUT2D eigenvalue weighted by atomic mass is 10.1. The van der Waals surface area contributed by atoms with E-state index >= 15 is 0 Å². The Balaban J connectivity index is 2.43. The van der Waals surface area contributed by atoms with E-state index in [1.54, 1.807) is 11.8 Å². The molecule has 0 aliphatic heterocycles. The predicted octanol–water partition coefficient (Wildman–Crippen LogP) is 3.34. The van der Waals surface area contributed by atoms with Crippen molar-refractivity contribution in [2.45, 2.75) is 24.3 Å². The Morgan fingerprint density at radius 2 is 2.12 bits per heavy atom. The Kier molecular flexibility index (Phi) is 6.13. The van der Waals surface area contributed by atoms with Gasteiger partial charge in [0.1, 0.15) is 0 Å². The minimum absolute atomic E-state index is 0.283. The first-order valence-corrected chi connectivity index (χ1v) is 6.88. The topological polar surface area (TPSA) is 38.0 Å². The number of nitrogens with one attached hydrogen (secondary N) is 1. The molecule has 0 bridgehead atoms. The average molecular weight is 301 g/mol. The molecule has 0 fully saturated rings. The van der Waals surface area contributed by atoms with Crippen molar-refractivity contribution in [3.8, 4) is 0 Å². The summed E-state index contributed by atoms with van der Waals surface area (Å²) in [6, 6.07) is 8.58. The van der Waals surface area contributed by atoms with E-state index in [1.165, 1.54) is 4.90 Å². The maximum atomic E-state index is 5.50. The lowest BCUT2D eigenvalue weighted by Crippen LogP contribution is -2.37. The first-order valence-electron chi connectivity index (χ1n) is 5.10. The summed E-state index contributed by atoms with van der Waals surface area (Å²) >= 11 is 5.22. The molecule has 2 nitrogen and oxygen atoms in total. The molecule has 0 amide bonds. The second-order valence-corrected chi connectivity index (χ2v) is 5.80. The Hall–Kier alpha value is -0.290. The van der Waals surface area contributed by atoms with Gasteiger partial charge in [-0.25, -0.2) is 0 Å². The third-order valence-electron chi connectivity index (χ3n) is 2.10. The van der Waals surface area contributed by atoms with Crippen LogP contribution in [0, 0.1) is 0 Å². The molecule has 0 radical (unpaired) electrons. The predicted molar refractivity (Wildman–Crippen MR) is 75.4 cm³/mol. The van der Waals surface area contributed by atoms with Crippen molar-refractivity contribution in [3.05, 3.63) is 40.9 Å². The number of hydrazine groups is 1. The summed E-state index contributed by atoms with van der Waals surface area (Å²) in [5.74, 6) is 6.45. The van der Waals surface area contributed by atoms with Crippen LogP contribution in [0.1, 0.15) is 13.3 Å². The molecular formula is C12H17BrN2S. The van der Waals surface area contributed by atoms with Crippen LogP contribution in [0.2, 0.25) is 0 Å². The van der Waals surface area contributed by atoms with Crippen molar-refractivity contribution in [3.63, 3.8) is 0 Å². The van der Waals surface area contributed by atoms with Crippen LogP contribution in [-0.4, -0.2) is 11.8 Å². The fraction of sp³-hybridized carbons (Fsp3) is 0.333. The number of hydrogen-bond donors (Lipinski definition) is 2. The van der Waals surface area contributed by atoms with E-state index in [9.17, 15) is 0 Å². The number of benzene rings is 1. The maximum absolute atomic E-state index is 5.50. The van der Waals surface area contributed by atoms with Crippen LogP contribution in [0.3, 0.4) is 0 Å². The van der Waals surface area contributed by atoms with Crippen molar-refractivity contribution in [1.29, 1.82) is 0 Å². The van der Waals surface area contributed by atoms with E-state index in [0.29, 0.717) is 0 Å². The molecule has 1 aromatic carbocycles. The van der Waals surface area contributed by atoms with E-state index in [2.05, 4.69) is 40.1 Å². The van der Waals surface area contributed by atoms with Gasteiger partial charge >= 0.3 is 0 Å². The zero-order valence-corrected chi connectivity index (χ0v) is 11.8.